The van der Waals surface area contributed by atoms with Gasteiger partial charge in [0.15, 0.2) is 6.10 Å². The van der Waals surface area contributed by atoms with Gasteiger partial charge in [-0.3, -0.25) is 4.79 Å². The Morgan fingerprint density at radius 2 is 1.78 bits per heavy atom. The van der Waals surface area contributed by atoms with Crippen LogP contribution in [0.1, 0.15) is 41.8 Å². The molecule has 27 heavy (non-hydrogen) atoms. The van der Waals surface area contributed by atoms with Gasteiger partial charge in [-0.25, -0.2) is 4.79 Å². The van der Waals surface area contributed by atoms with Gasteiger partial charge in [0.25, 0.3) is 5.91 Å². The Balaban J connectivity index is 2.25. The quantitative estimate of drug-likeness (QED) is 0.568. The normalized spacial score (nSPS) is 11.6. The number of para-hydroxylation sites is 1. The maximum absolute atomic E-state index is 12.8. The molecule has 0 aliphatic carbocycles. The number of hydrogen-bond donors (Lipinski definition) is 2. The maximum Gasteiger partial charge on any atom is 0.347 e. The van der Waals surface area contributed by atoms with E-state index < -0.39 is 12.1 Å². The monoisotopic (exact) mass is 371 g/mol. The number of rotatable bonds is 7. The van der Waals surface area contributed by atoms with Crippen LogP contribution in [0.25, 0.3) is 0 Å². The van der Waals surface area contributed by atoms with Crippen molar-refractivity contribution in [3.05, 3.63) is 53.1 Å². The SMILES string of the molecule is CCOC(=O)C(CC)Oc1ccccc1C(=O)Nc1ccc(O)c(C)c1C. The van der Waals surface area contributed by atoms with Gasteiger partial charge in [0.2, 0.25) is 0 Å². The smallest absolute Gasteiger partial charge is 0.347 e. The van der Waals surface area contributed by atoms with Crippen LogP contribution in [0.5, 0.6) is 11.5 Å². The highest BCUT2D eigenvalue weighted by Gasteiger charge is 2.22. The van der Waals surface area contributed by atoms with E-state index in [1.165, 1.54) is 6.07 Å². The van der Waals surface area contributed by atoms with E-state index in [-0.39, 0.29) is 18.3 Å². The van der Waals surface area contributed by atoms with Crippen LogP contribution in [0.2, 0.25) is 0 Å². The maximum atomic E-state index is 12.8. The molecule has 2 rings (SSSR count). The summed E-state index contributed by atoms with van der Waals surface area (Å²) in [5.74, 6) is -0.338. The van der Waals surface area contributed by atoms with Gasteiger partial charge in [0.05, 0.1) is 12.2 Å². The highest BCUT2D eigenvalue weighted by Crippen LogP contribution is 2.28. The lowest BCUT2D eigenvalue weighted by molar-refractivity contribution is -0.151. The molecule has 0 heterocycles. The predicted octanol–water partition coefficient (Wildman–Crippen LogP) is 3.98. The molecule has 6 heteroatoms. The Hall–Kier alpha value is -3.02. The minimum atomic E-state index is -0.781. The van der Waals surface area contributed by atoms with Gasteiger partial charge in [-0.15, -0.1) is 0 Å². The van der Waals surface area contributed by atoms with E-state index in [4.69, 9.17) is 9.47 Å². The summed E-state index contributed by atoms with van der Waals surface area (Å²) in [4.78, 5) is 24.8. The van der Waals surface area contributed by atoms with Crippen molar-refractivity contribution < 1.29 is 24.2 Å². The number of ether oxygens (including phenoxy) is 2. The van der Waals surface area contributed by atoms with Gasteiger partial charge >= 0.3 is 5.97 Å². The van der Waals surface area contributed by atoms with E-state index in [9.17, 15) is 14.7 Å². The van der Waals surface area contributed by atoms with Crippen molar-refractivity contribution in [2.24, 2.45) is 0 Å². The van der Waals surface area contributed by atoms with E-state index in [1.54, 1.807) is 44.2 Å². The molecule has 0 fully saturated rings. The van der Waals surface area contributed by atoms with E-state index >= 15 is 0 Å². The van der Waals surface area contributed by atoms with E-state index in [2.05, 4.69) is 5.32 Å². The Kier molecular flexibility index (Phi) is 6.82. The minimum Gasteiger partial charge on any atom is -0.508 e. The Bertz CT molecular complexity index is 831. The first-order chi connectivity index (χ1) is 12.9. The molecule has 1 amide bonds. The number of aromatic hydroxyl groups is 1. The van der Waals surface area contributed by atoms with Crippen molar-refractivity contribution >= 4 is 17.6 Å². The highest BCUT2D eigenvalue weighted by molar-refractivity contribution is 6.06. The number of phenols is 1. The zero-order chi connectivity index (χ0) is 20.0. The number of benzene rings is 2. The van der Waals surface area contributed by atoms with Gasteiger partial charge in [0, 0.05) is 5.69 Å². The molecular formula is C21H25NO5. The number of carbonyl (C=O) groups is 2. The Morgan fingerprint density at radius 3 is 2.44 bits per heavy atom. The zero-order valence-electron chi connectivity index (χ0n) is 16.0. The number of hydrogen-bond acceptors (Lipinski definition) is 5. The van der Waals surface area contributed by atoms with Crippen LogP contribution in [0, 0.1) is 13.8 Å². The van der Waals surface area contributed by atoms with Crippen molar-refractivity contribution in [3.63, 3.8) is 0 Å². The first kappa shape index (κ1) is 20.3. The van der Waals surface area contributed by atoms with Crippen molar-refractivity contribution in [2.45, 2.75) is 40.2 Å². The third-order valence-corrected chi connectivity index (χ3v) is 4.33. The average Bonchev–Trinajstić information content (AvgIpc) is 2.66. The number of nitrogens with one attached hydrogen (secondary N) is 1. The lowest BCUT2D eigenvalue weighted by Gasteiger charge is -2.18. The van der Waals surface area contributed by atoms with Crippen LogP contribution in [-0.4, -0.2) is 29.7 Å². The minimum absolute atomic E-state index is 0.175. The van der Waals surface area contributed by atoms with Gasteiger partial charge in [-0.2, -0.15) is 0 Å². The van der Waals surface area contributed by atoms with Gasteiger partial charge in [-0.05, 0) is 62.6 Å². The Morgan fingerprint density at radius 1 is 1.07 bits per heavy atom. The molecule has 0 bridgehead atoms. The molecule has 0 aliphatic heterocycles. The molecular weight excluding hydrogens is 346 g/mol. The second kappa shape index (κ2) is 9.07. The van der Waals surface area contributed by atoms with Crippen molar-refractivity contribution in [1.82, 2.24) is 0 Å². The molecule has 1 atom stereocenters. The van der Waals surface area contributed by atoms with E-state index in [0.29, 0.717) is 29.0 Å². The summed E-state index contributed by atoms with van der Waals surface area (Å²) < 4.78 is 10.8. The highest BCUT2D eigenvalue weighted by atomic mass is 16.6. The summed E-state index contributed by atoms with van der Waals surface area (Å²) in [5, 5.41) is 12.6. The molecule has 6 nitrogen and oxygen atoms in total. The molecule has 0 spiro atoms. The molecule has 0 radical (unpaired) electrons. The number of amides is 1. The molecule has 144 valence electrons. The summed E-state index contributed by atoms with van der Waals surface area (Å²) in [6.07, 6.45) is -0.359. The molecule has 0 saturated carbocycles. The molecule has 2 N–H and O–H groups in total. The lowest BCUT2D eigenvalue weighted by atomic mass is 10.1. The van der Waals surface area contributed by atoms with Crippen LogP contribution in [0.15, 0.2) is 36.4 Å². The fraction of sp³-hybridized carbons (Fsp3) is 0.333. The Labute approximate surface area is 159 Å². The number of phenolic OH excluding ortho intramolecular Hbond substituents is 1. The molecule has 0 aliphatic rings. The number of esters is 1. The lowest BCUT2D eigenvalue weighted by Crippen LogP contribution is -2.29. The van der Waals surface area contributed by atoms with Gasteiger partial charge in [0.1, 0.15) is 11.5 Å². The van der Waals surface area contributed by atoms with Crippen LogP contribution in [0.3, 0.4) is 0 Å². The molecule has 2 aromatic carbocycles. The first-order valence-electron chi connectivity index (χ1n) is 8.91. The number of anilines is 1. The third-order valence-electron chi connectivity index (χ3n) is 4.33. The van der Waals surface area contributed by atoms with E-state index in [0.717, 1.165) is 5.56 Å². The largest absolute Gasteiger partial charge is 0.508 e. The second-order valence-electron chi connectivity index (χ2n) is 6.10. The first-order valence-corrected chi connectivity index (χ1v) is 8.91. The third kappa shape index (κ3) is 4.78. The summed E-state index contributed by atoms with van der Waals surface area (Å²) >= 11 is 0. The van der Waals surface area contributed by atoms with Gasteiger partial charge < -0.3 is 19.9 Å². The zero-order valence-corrected chi connectivity index (χ0v) is 16.0. The molecule has 2 aromatic rings. The van der Waals surface area contributed by atoms with Gasteiger partial charge in [-0.1, -0.05) is 19.1 Å². The summed E-state index contributed by atoms with van der Waals surface area (Å²) in [6, 6.07) is 9.92. The summed E-state index contributed by atoms with van der Waals surface area (Å²) in [5.41, 5.74) is 2.39. The molecule has 1 unspecified atom stereocenters. The topological polar surface area (TPSA) is 84.9 Å². The van der Waals surface area contributed by atoms with Crippen molar-refractivity contribution in [2.75, 3.05) is 11.9 Å². The molecule has 0 saturated heterocycles. The fourth-order valence-electron chi connectivity index (χ4n) is 2.58. The van der Waals surface area contributed by atoms with Crippen molar-refractivity contribution in [1.29, 1.82) is 0 Å². The summed E-state index contributed by atoms with van der Waals surface area (Å²) in [7, 11) is 0. The fourth-order valence-corrected chi connectivity index (χ4v) is 2.58. The standard InChI is InChI=1S/C21H25NO5/c1-5-18(21(25)26-6-2)27-19-10-8-7-9-15(19)20(24)22-16-11-12-17(23)14(4)13(16)3/h7-12,18,23H,5-6H2,1-4H3,(H,22,24). The van der Waals surface area contributed by atoms with Crippen LogP contribution < -0.4 is 10.1 Å². The van der Waals surface area contributed by atoms with Crippen LogP contribution >= 0.6 is 0 Å². The predicted molar refractivity (Wildman–Crippen MR) is 103 cm³/mol. The van der Waals surface area contributed by atoms with Crippen LogP contribution in [0.4, 0.5) is 5.69 Å². The van der Waals surface area contributed by atoms with Crippen molar-refractivity contribution in [3.8, 4) is 11.5 Å². The van der Waals surface area contributed by atoms with Crippen LogP contribution in [-0.2, 0) is 9.53 Å². The van der Waals surface area contributed by atoms with E-state index in [1.807, 2.05) is 13.8 Å². The average molecular weight is 371 g/mol. The second-order valence-corrected chi connectivity index (χ2v) is 6.10. The summed E-state index contributed by atoms with van der Waals surface area (Å²) in [6.45, 7) is 7.41. The number of carbonyl (C=O) groups excluding carboxylic acids is 2. The molecule has 0 aromatic heterocycles.